The van der Waals surface area contributed by atoms with Crippen molar-refractivity contribution in [2.45, 2.75) is 6.61 Å². The summed E-state index contributed by atoms with van der Waals surface area (Å²) in [5.41, 5.74) is 2.01. The maximum absolute atomic E-state index is 12.2. The number of hydrogen-bond acceptors (Lipinski definition) is 4. The first-order valence-electron chi connectivity index (χ1n) is 7.79. The summed E-state index contributed by atoms with van der Waals surface area (Å²) in [5.74, 6) is 0.773. The average Bonchev–Trinajstić information content (AvgIpc) is 2.90. The summed E-state index contributed by atoms with van der Waals surface area (Å²) in [6.07, 6.45) is 1.88. The molecule has 3 rings (SSSR count). The molecule has 0 N–H and O–H groups in total. The van der Waals surface area contributed by atoms with Gasteiger partial charge < -0.3 is 4.74 Å². The Kier molecular flexibility index (Phi) is 6.26. The summed E-state index contributed by atoms with van der Waals surface area (Å²) < 4.78 is 6.87. The smallest absolute Gasteiger partial charge is 0.266 e. The number of nitrogens with zero attached hydrogens (tertiary/aromatic N) is 2. The van der Waals surface area contributed by atoms with Gasteiger partial charge in [-0.25, -0.2) is 0 Å². The van der Waals surface area contributed by atoms with E-state index in [2.05, 4.69) is 27.6 Å². The molecule has 1 amide bonds. The summed E-state index contributed by atoms with van der Waals surface area (Å²) in [6, 6.07) is 13.5. The zero-order valence-electron chi connectivity index (χ0n) is 14.2. The molecule has 1 aliphatic rings. The Hall–Kier alpha value is -1.51. The molecular weight excluding hydrogens is 483 g/mol. The largest absolute Gasteiger partial charge is 0.488 e. The van der Waals surface area contributed by atoms with E-state index in [9.17, 15) is 4.79 Å². The number of amidine groups is 1. The Labute approximate surface area is 175 Å². The zero-order valence-corrected chi connectivity index (χ0v) is 17.9. The van der Waals surface area contributed by atoms with Crippen molar-refractivity contribution in [3.05, 3.63) is 67.1 Å². The highest BCUT2D eigenvalue weighted by Crippen LogP contribution is 2.32. The van der Waals surface area contributed by atoms with Gasteiger partial charge in [-0.05, 0) is 75.8 Å². The van der Waals surface area contributed by atoms with Gasteiger partial charge in [0.25, 0.3) is 5.91 Å². The first kappa shape index (κ1) is 19.3. The van der Waals surface area contributed by atoms with Crippen molar-refractivity contribution in [2.75, 3.05) is 14.1 Å². The lowest BCUT2D eigenvalue weighted by Crippen LogP contribution is -2.23. The highest BCUT2D eigenvalue weighted by molar-refractivity contribution is 14.1. The fourth-order valence-corrected chi connectivity index (χ4v) is 4.11. The molecule has 134 valence electrons. The van der Waals surface area contributed by atoms with Crippen molar-refractivity contribution in [3.63, 3.8) is 0 Å². The number of benzene rings is 2. The third-order valence-corrected chi connectivity index (χ3v) is 6.00. The van der Waals surface area contributed by atoms with E-state index in [1.807, 2.05) is 48.5 Å². The SMILES string of the molecule is CN=C1S/C(=C/c2ccc(OCc3ccc(Cl)cc3)c(I)c2)C(=O)N1C. The number of hydrogen-bond donors (Lipinski definition) is 0. The van der Waals surface area contributed by atoms with E-state index in [0.717, 1.165) is 20.4 Å². The number of carbonyl (C=O) groups is 1. The predicted molar refractivity (Wildman–Crippen MR) is 117 cm³/mol. The Bertz CT molecular complexity index is 897. The molecule has 1 aliphatic heterocycles. The third kappa shape index (κ3) is 4.42. The summed E-state index contributed by atoms with van der Waals surface area (Å²) in [6.45, 7) is 0.475. The summed E-state index contributed by atoms with van der Waals surface area (Å²) in [4.78, 5) is 18.6. The van der Waals surface area contributed by atoms with Crippen LogP contribution in [0.5, 0.6) is 5.75 Å². The first-order valence-corrected chi connectivity index (χ1v) is 10.1. The van der Waals surface area contributed by atoms with Crippen LogP contribution in [0.4, 0.5) is 0 Å². The van der Waals surface area contributed by atoms with Gasteiger partial charge >= 0.3 is 0 Å². The second-order valence-corrected chi connectivity index (χ2v) is 8.19. The van der Waals surface area contributed by atoms with Crippen molar-refractivity contribution < 1.29 is 9.53 Å². The van der Waals surface area contributed by atoms with Gasteiger partial charge in [0.2, 0.25) is 0 Å². The van der Waals surface area contributed by atoms with Crippen molar-refractivity contribution >= 4 is 63.1 Å². The molecule has 0 radical (unpaired) electrons. The minimum absolute atomic E-state index is 0.0336. The summed E-state index contributed by atoms with van der Waals surface area (Å²) >= 11 is 9.52. The number of amides is 1. The van der Waals surface area contributed by atoms with Crippen LogP contribution in [-0.2, 0) is 11.4 Å². The minimum Gasteiger partial charge on any atom is -0.488 e. The lowest BCUT2D eigenvalue weighted by molar-refractivity contribution is -0.121. The van der Waals surface area contributed by atoms with E-state index in [0.29, 0.717) is 21.7 Å². The minimum atomic E-state index is -0.0336. The van der Waals surface area contributed by atoms with Crippen LogP contribution in [0.1, 0.15) is 11.1 Å². The number of thioether (sulfide) groups is 1. The van der Waals surface area contributed by atoms with Gasteiger partial charge in [0.05, 0.1) is 8.48 Å². The van der Waals surface area contributed by atoms with Gasteiger partial charge in [0, 0.05) is 19.1 Å². The molecule has 0 saturated carbocycles. The first-order chi connectivity index (χ1) is 12.5. The molecule has 0 spiro atoms. The number of rotatable bonds is 4. The standard InChI is InChI=1S/C19H16ClIN2O2S/c1-22-19-23(2)18(24)17(26-19)10-13-5-8-16(15(21)9-13)25-11-12-3-6-14(20)7-4-12/h3-10H,11H2,1-2H3/b17-10+,22-19?. The van der Waals surface area contributed by atoms with Gasteiger partial charge in [0.1, 0.15) is 12.4 Å². The van der Waals surface area contributed by atoms with Crippen LogP contribution in [0.25, 0.3) is 6.08 Å². The van der Waals surface area contributed by atoms with E-state index in [4.69, 9.17) is 16.3 Å². The lowest BCUT2D eigenvalue weighted by Gasteiger charge is -2.09. The van der Waals surface area contributed by atoms with E-state index in [-0.39, 0.29) is 5.91 Å². The Morgan fingerprint density at radius 2 is 2.00 bits per heavy atom. The molecule has 1 fully saturated rings. The number of carbonyl (C=O) groups excluding carboxylic acids is 1. The Balaban J connectivity index is 1.72. The fourth-order valence-electron chi connectivity index (χ4n) is 2.37. The number of likely N-dealkylation sites (N-methyl/N-ethyl adjacent to an activating group) is 1. The summed E-state index contributed by atoms with van der Waals surface area (Å²) in [5, 5.41) is 1.42. The van der Waals surface area contributed by atoms with E-state index in [1.54, 1.807) is 19.0 Å². The van der Waals surface area contributed by atoms with Crippen LogP contribution < -0.4 is 4.74 Å². The molecule has 4 nitrogen and oxygen atoms in total. The second-order valence-electron chi connectivity index (χ2n) is 5.59. The normalized spacial score (nSPS) is 17.4. The van der Waals surface area contributed by atoms with Crippen molar-refractivity contribution in [1.82, 2.24) is 4.90 Å². The quantitative estimate of drug-likeness (QED) is 0.437. The molecular formula is C19H16ClIN2O2S. The van der Waals surface area contributed by atoms with Gasteiger partial charge in [-0.15, -0.1) is 0 Å². The van der Waals surface area contributed by atoms with Gasteiger partial charge in [-0.3, -0.25) is 14.7 Å². The van der Waals surface area contributed by atoms with Crippen molar-refractivity contribution in [2.24, 2.45) is 4.99 Å². The highest BCUT2D eigenvalue weighted by atomic mass is 127. The maximum atomic E-state index is 12.2. The monoisotopic (exact) mass is 498 g/mol. The van der Waals surface area contributed by atoms with Gasteiger partial charge in [-0.1, -0.05) is 29.8 Å². The molecule has 0 bridgehead atoms. The van der Waals surface area contributed by atoms with Crippen LogP contribution in [0.3, 0.4) is 0 Å². The number of ether oxygens (including phenoxy) is 1. The average molecular weight is 499 g/mol. The molecule has 26 heavy (non-hydrogen) atoms. The van der Waals surface area contributed by atoms with Crippen LogP contribution in [0.15, 0.2) is 52.4 Å². The van der Waals surface area contributed by atoms with Crippen molar-refractivity contribution in [3.8, 4) is 5.75 Å². The van der Waals surface area contributed by atoms with E-state index >= 15 is 0 Å². The van der Waals surface area contributed by atoms with Crippen LogP contribution in [-0.4, -0.2) is 30.1 Å². The third-order valence-electron chi connectivity index (χ3n) is 3.76. The van der Waals surface area contributed by atoms with Crippen molar-refractivity contribution in [1.29, 1.82) is 0 Å². The fraction of sp³-hybridized carbons (Fsp3) is 0.158. The Morgan fingerprint density at radius 1 is 1.27 bits per heavy atom. The molecule has 7 heteroatoms. The molecule has 0 aromatic heterocycles. The maximum Gasteiger partial charge on any atom is 0.266 e. The van der Waals surface area contributed by atoms with Gasteiger partial charge in [-0.2, -0.15) is 0 Å². The predicted octanol–water partition coefficient (Wildman–Crippen LogP) is 5.06. The lowest BCUT2D eigenvalue weighted by atomic mass is 10.2. The van der Waals surface area contributed by atoms with Crippen LogP contribution in [0.2, 0.25) is 5.02 Å². The molecule has 0 atom stereocenters. The zero-order chi connectivity index (χ0) is 18.7. The molecule has 0 aliphatic carbocycles. The van der Waals surface area contributed by atoms with E-state index < -0.39 is 0 Å². The summed E-state index contributed by atoms with van der Waals surface area (Å²) in [7, 11) is 3.42. The molecule has 1 heterocycles. The molecule has 2 aromatic rings. The number of aliphatic imine (C=N–C) groups is 1. The second kappa shape index (κ2) is 8.45. The van der Waals surface area contributed by atoms with Crippen LogP contribution >= 0.6 is 46.0 Å². The topological polar surface area (TPSA) is 41.9 Å². The molecule has 2 aromatic carbocycles. The number of halogens is 2. The van der Waals surface area contributed by atoms with Gasteiger partial charge in [0.15, 0.2) is 5.17 Å². The van der Waals surface area contributed by atoms with Crippen LogP contribution in [0, 0.1) is 3.57 Å². The molecule has 0 unspecified atom stereocenters. The van der Waals surface area contributed by atoms with E-state index in [1.165, 1.54) is 11.8 Å². The Morgan fingerprint density at radius 3 is 2.62 bits per heavy atom. The highest BCUT2D eigenvalue weighted by Gasteiger charge is 2.29. The molecule has 1 saturated heterocycles.